The smallest absolute Gasteiger partial charge is 0.691 e. The predicted octanol–water partition coefficient (Wildman–Crippen LogP) is -7.11. The van der Waals surface area contributed by atoms with Gasteiger partial charge in [-0.25, -0.2) is 0 Å². The number of hydrogen-bond acceptors (Lipinski definition) is 13. The summed E-state index contributed by atoms with van der Waals surface area (Å²) in [5.74, 6) is 0. The van der Waals surface area contributed by atoms with Crippen LogP contribution in [0, 0.1) is 0 Å². The van der Waals surface area contributed by atoms with E-state index in [9.17, 15) is 10.5 Å². The number of hydrogen-bond donors (Lipinski definition) is 0. The van der Waals surface area contributed by atoms with Crippen molar-refractivity contribution in [1.29, 1.82) is 0 Å². The van der Waals surface area contributed by atoms with E-state index in [0.717, 1.165) is 0 Å². The minimum Gasteiger partial charge on any atom is -0.691 e. The largest absolute Gasteiger partial charge is 1.00 e. The van der Waals surface area contributed by atoms with Crippen LogP contribution in [0.5, 0.6) is 0 Å². The first-order valence-electron chi connectivity index (χ1n) is 6.17. The maximum atomic E-state index is 9.86. The van der Waals surface area contributed by atoms with E-state index in [1.165, 1.54) is 0 Å². The summed E-state index contributed by atoms with van der Waals surface area (Å²) >= 11 is 0.650. The van der Waals surface area contributed by atoms with Gasteiger partial charge in [-0.1, -0.05) is 0 Å². The Kier molecular flexibility index (Phi) is 15.6. The zero-order chi connectivity index (χ0) is 15.9. The normalized spacial score (nSPS) is 35.5. The topological polar surface area (TPSA) is 129 Å². The fourth-order valence-corrected chi connectivity index (χ4v) is 3.05. The van der Waals surface area contributed by atoms with Crippen molar-refractivity contribution in [3.05, 3.63) is 0 Å². The SMILES string of the molecule is CC1OCC2OC(C)C(OSOO[O-])C(OSOO[O-])C2O1.[Na+].[Na+]. The van der Waals surface area contributed by atoms with Crippen LogP contribution in [0.3, 0.4) is 0 Å². The number of fused-ring (bicyclic) bond motifs is 1. The third-order valence-corrected chi connectivity index (χ3v) is 3.95. The second-order valence-electron chi connectivity index (χ2n) is 4.41. The molecule has 0 aromatic heterocycles. The van der Waals surface area contributed by atoms with Crippen LogP contribution in [-0.2, 0) is 41.3 Å². The van der Waals surface area contributed by atoms with Crippen LogP contribution in [0.2, 0.25) is 0 Å². The Bertz CT molecular complexity index is 334. The Labute approximate surface area is 191 Å². The molecule has 2 rings (SSSR count). The first kappa shape index (κ1) is 26.3. The summed E-state index contributed by atoms with van der Waals surface area (Å²) in [5.41, 5.74) is 0. The molecule has 0 amide bonds. The van der Waals surface area contributed by atoms with E-state index in [1.807, 2.05) is 0 Å². The maximum Gasteiger partial charge on any atom is 1.00 e. The fraction of sp³-hybridized carbons (Fsp3) is 1.00. The molecule has 130 valence electrons. The van der Waals surface area contributed by atoms with E-state index in [4.69, 9.17) is 22.6 Å². The van der Waals surface area contributed by atoms with Crippen LogP contribution in [0.25, 0.3) is 0 Å². The Balaban J connectivity index is 0.00000264. The van der Waals surface area contributed by atoms with Gasteiger partial charge in [0.25, 0.3) is 0 Å². The molecule has 0 aliphatic carbocycles. The number of rotatable bonds is 8. The predicted molar refractivity (Wildman–Crippen MR) is 63.9 cm³/mol. The van der Waals surface area contributed by atoms with Crippen molar-refractivity contribution in [2.45, 2.75) is 50.7 Å². The fourth-order valence-electron chi connectivity index (χ4n) is 2.27. The van der Waals surface area contributed by atoms with Gasteiger partial charge in [-0.3, -0.25) is 18.4 Å². The van der Waals surface area contributed by atoms with Gasteiger partial charge in [0.15, 0.2) is 30.9 Å². The third kappa shape index (κ3) is 7.71. The third-order valence-electron chi connectivity index (χ3n) is 3.12. The molecule has 0 aromatic rings. The van der Waals surface area contributed by atoms with Crippen molar-refractivity contribution >= 4 is 24.6 Å². The van der Waals surface area contributed by atoms with Crippen molar-refractivity contribution in [3.8, 4) is 0 Å². The monoisotopic (exact) mass is 408 g/mol. The summed E-state index contributed by atoms with van der Waals surface area (Å²) in [6.07, 6.45) is -3.31. The Morgan fingerprint density at radius 2 is 1.50 bits per heavy atom. The first-order chi connectivity index (χ1) is 10.7. The molecule has 24 heavy (non-hydrogen) atoms. The van der Waals surface area contributed by atoms with Crippen LogP contribution in [0.1, 0.15) is 13.8 Å². The van der Waals surface area contributed by atoms with E-state index in [2.05, 4.69) is 18.7 Å². The Morgan fingerprint density at radius 1 is 0.917 bits per heavy atom. The van der Waals surface area contributed by atoms with Crippen molar-refractivity contribution in [3.63, 3.8) is 0 Å². The van der Waals surface area contributed by atoms with E-state index < -0.39 is 36.8 Å². The molecule has 2 heterocycles. The van der Waals surface area contributed by atoms with Gasteiger partial charge >= 0.3 is 59.1 Å². The average Bonchev–Trinajstić information content (AvgIpc) is 2.50. The molecule has 0 aromatic carbocycles. The van der Waals surface area contributed by atoms with Gasteiger partial charge < -0.3 is 24.7 Å². The first-order valence-corrected chi connectivity index (χ1v) is 7.50. The van der Waals surface area contributed by atoms with E-state index >= 15 is 0 Å². The standard InChI is InChI=1S/C9H16O11S2.2Na/c1-4-7(15-21-19-17-10)9(16-22-20-18-11)8-6(13-4)3-12-5(2)14-8;;/h4-11H,3H2,1-2H3;;/q;2*+1/p-2. The second kappa shape index (κ2) is 14.3. The quantitative estimate of drug-likeness (QED) is 0.124. The minimum absolute atomic E-state index is 0. The molecule has 0 bridgehead atoms. The molecule has 6 atom stereocenters. The zero-order valence-corrected chi connectivity index (χ0v) is 19.1. The molecular weight excluding hydrogens is 394 g/mol. The zero-order valence-electron chi connectivity index (χ0n) is 13.5. The molecule has 2 aliphatic heterocycles. The summed E-state index contributed by atoms with van der Waals surface area (Å²) in [6, 6.07) is 0. The summed E-state index contributed by atoms with van der Waals surface area (Å²) in [7, 11) is 0. The molecular formula is C9H14Na2O11S2. The van der Waals surface area contributed by atoms with Gasteiger partial charge in [0.2, 0.25) is 0 Å². The second-order valence-corrected chi connectivity index (χ2v) is 5.34. The number of ether oxygens (including phenoxy) is 3. The van der Waals surface area contributed by atoms with E-state index in [0.29, 0.717) is 31.3 Å². The van der Waals surface area contributed by atoms with Crippen molar-refractivity contribution < 1.29 is 111 Å². The van der Waals surface area contributed by atoms with Crippen LogP contribution < -0.4 is 69.6 Å². The van der Waals surface area contributed by atoms with Crippen LogP contribution in [0.4, 0.5) is 0 Å². The molecule has 0 N–H and O–H groups in total. The maximum absolute atomic E-state index is 9.86. The molecule has 2 aliphatic rings. The van der Waals surface area contributed by atoms with Gasteiger partial charge in [0, 0.05) is 0 Å². The molecule has 15 heteroatoms. The average molecular weight is 408 g/mol. The molecule has 11 nitrogen and oxygen atoms in total. The van der Waals surface area contributed by atoms with Crippen molar-refractivity contribution in [1.82, 2.24) is 0 Å². The van der Waals surface area contributed by atoms with Crippen LogP contribution in [0.15, 0.2) is 0 Å². The van der Waals surface area contributed by atoms with Crippen molar-refractivity contribution in [2.24, 2.45) is 0 Å². The van der Waals surface area contributed by atoms with Gasteiger partial charge in [-0.05, 0) is 13.8 Å². The molecule has 0 radical (unpaired) electrons. The Hall–Kier alpha value is 2.26. The van der Waals surface area contributed by atoms with Crippen molar-refractivity contribution in [2.75, 3.05) is 6.61 Å². The van der Waals surface area contributed by atoms with E-state index in [-0.39, 0.29) is 59.1 Å². The molecule has 2 fully saturated rings. The van der Waals surface area contributed by atoms with Gasteiger partial charge in [0.05, 0.1) is 12.7 Å². The van der Waals surface area contributed by atoms with E-state index in [1.54, 1.807) is 13.8 Å². The molecule has 0 spiro atoms. The van der Waals surface area contributed by atoms with Crippen LogP contribution in [-0.4, -0.2) is 43.4 Å². The summed E-state index contributed by atoms with van der Waals surface area (Å²) in [6.45, 7) is 3.75. The summed E-state index contributed by atoms with van der Waals surface area (Å²) in [4.78, 5) is 0. The minimum atomic E-state index is -0.719. The van der Waals surface area contributed by atoms with Crippen LogP contribution >= 0.6 is 24.6 Å². The van der Waals surface area contributed by atoms with Gasteiger partial charge in [-0.15, -0.1) is 8.67 Å². The molecule has 6 unspecified atom stereocenters. The van der Waals surface area contributed by atoms with Gasteiger partial charge in [0.1, 0.15) is 24.4 Å². The van der Waals surface area contributed by atoms with Gasteiger partial charge in [-0.2, -0.15) is 0 Å². The summed E-state index contributed by atoms with van der Waals surface area (Å²) < 4.78 is 35.5. The summed E-state index contributed by atoms with van der Waals surface area (Å²) in [5, 5.41) is 26.1. The Morgan fingerprint density at radius 3 is 2.08 bits per heavy atom. The molecule has 0 saturated carbocycles. The molecule has 2 saturated heterocycles.